The number of benzene rings is 1. The maximum absolute atomic E-state index is 12.0. The van der Waals surface area contributed by atoms with Crippen molar-refractivity contribution in [1.29, 1.82) is 0 Å². The topological polar surface area (TPSA) is 50.7 Å². The summed E-state index contributed by atoms with van der Waals surface area (Å²) in [6.07, 6.45) is 2.58. The van der Waals surface area contributed by atoms with Gasteiger partial charge in [-0.15, -0.1) is 11.3 Å². The van der Waals surface area contributed by atoms with Crippen molar-refractivity contribution in [1.82, 2.24) is 5.43 Å². The molecule has 0 atom stereocenters. The Bertz CT molecular complexity index is 677. The van der Waals surface area contributed by atoms with Crippen LogP contribution in [0.2, 0.25) is 0 Å². The molecule has 22 heavy (non-hydrogen) atoms. The van der Waals surface area contributed by atoms with Crippen LogP contribution in [0.4, 0.5) is 0 Å². The van der Waals surface area contributed by atoms with Gasteiger partial charge >= 0.3 is 0 Å². The lowest BCUT2D eigenvalue weighted by Gasteiger charge is -2.04. The summed E-state index contributed by atoms with van der Waals surface area (Å²) >= 11 is 1.57. The minimum Gasteiger partial charge on any atom is -0.494 e. The molecular formula is C17H20N2O2S. The molecule has 1 aromatic carbocycles. The van der Waals surface area contributed by atoms with Crippen molar-refractivity contribution in [3.63, 3.8) is 0 Å². The first kappa shape index (κ1) is 16.2. The molecule has 1 heterocycles. The van der Waals surface area contributed by atoms with Crippen LogP contribution >= 0.6 is 11.3 Å². The number of amides is 1. The van der Waals surface area contributed by atoms with E-state index in [2.05, 4.69) is 17.5 Å². The quantitative estimate of drug-likeness (QED) is 0.649. The van der Waals surface area contributed by atoms with E-state index in [0.29, 0.717) is 12.2 Å². The van der Waals surface area contributed by atoms with Crippen LogP contribution in [0.25, 0.3) is 0 Å². The van der Waals surface area contributed by atoms with Gasteiger partial charge in [-0.3, -0.25) is 4.79 Å². The Morgan fingerprint density at radius 2 is 2.23 bits per heavy atom. The van der Waals surface area contributed by atoms with Crippen molar-refractivity contribution < 1.29 is 9.53 Å². The van der Waals surface area contributed by atoms with Gasteiger partial charge in [0, 0.05) is 10.3 Å². The molecule has 0 fully saturated rings. The van der Waals surface area contributed by atoms with E-state index < -0.39 is 0 Å². The molecule has 116 valence electrons. The zero-order valence-electron chi connectivity index (χ0n) is 13.1. The van der Waals surface area contributed by atoms with Gasteiger partial charge in [-0.25, -0.2) is 5.43 Å². The molecule has 1 aromatic heterocycles. The Labute approximate surface area is 134 Å². The second kappa shape index (κ2) is 7.75. The third kappa shape index (κ3) is 4.18. The maximum atomic E-state index is 12.0. The van der Waals surface area contributed by atoms with Gasteiger partial charge in [0.15, 0.2) is 0 Å². The van der Waals surface area contributed by atoms with Crippen LogP contribution in [-0.2, 0) is 0 Å². The van der Waals surface area contributed by atoms with Crippen LogP contribution in [0.15, 0.2) is 34.7 Å². The number of hydrogen-bond donors (Lipinski definition) is 1. The molecule has 0 aliphatic carbocycles. The zero-order valence-corrected chi connectivity index (χ0v) is 13.9. The van der Waals surface area contributed by atoms with E-state index in [-0.39, 0.29) is 5.91 Å². The highest BCUT2D eigenvalue weighted by atomic mass is 32.1. The largest absolute Gasteiger partial charge is 0.494 e. The van der Waals surface area contributed by atoms with Gasteiger partial charge in [0.25, 0.3) is 5.91 Å². The monoisotopic (exact) mass is 316 g/mol. The molecule has 0 saturated heterocycles. The number of carbonyl (C=O) groups excluding carboxylic acids is 1. The fraction of sp³-hybridized carbons (Fsp3) is 0.294. The summed E-state index contributed by atoms with van der Waals surface area (Å²) in [5.74, 6) is 0.623. The minimum atomic E-state index is -0.184. The van der Waals surface area contributed by atoms with Gasteiger partial charge in [-0.05, 0) is 43.5 Å². The lowest BCUT2D eigenvalue weighted by molar-refractivity contribution is 0.0955. The highest BCUT2D eigenvalue weighted by molar-refractivity contribution is 7.10. The van der Waals surface area contributed by atoms with Crippen LogP contribution in [0.3, 0.4) is 0 Å². The lowest BCUT2D eigenvalue weighted by Crippen LogP contribution is -2.17. The van der Waals surface area contributed by atoms with E-state index in [1.54, 1.807) is 17.6 Å². The fourth-order valence-corrected chi connectivity index (χ4v) is 2.73. The Kier molecular flexibility index (Phi) is 5.72. The number of carbonyl (C=O) groups is 1. The number of thiophene rings is 1. The third-order valence-corrected chi connectivity index (χ3v) is 4.25. The van der Waals surface area contributed by atoms with Gasteiger partial charge in [-0.2, -0.15) is 5.10 Å². The molecular weight excluding hydrogens is 296 g/mol. The molecule has 1 N–H and O–H groups in total. The van der Waals surface area contributed by atoms with E-state index >= 15 is 0 Å². The van der Waals surface area contributed by atoms with Gasteiger partial charge in [0.1, 0.15) is 5.75 Å². The van der Waals surface area contributed by atoms with E-state index in [1.165, 1.54) is 0 Å². The van der Waals surface area contributed by atoms with E-state index in [9.17, 15) is 4.79 Å². The van der Waals surface area contributed by atoms with Crippen molar-refractivity contribution in [2.75, 3.05) is 6.61 Å². The summed E-state index contributed by atoms with van der Waals surface area (Å²) in [6, 6.07) is 7.61. The van der Waals surface area contributed by atoms with E-state index in [1.807, 2.05) is 43.5 Å². The molecule has 0 aliphatic rings. The molecule has 5 heteroatoms. The highest BCUT2D eigenvalue weighted by Gasteiger charge is 2.11. The summed E-state index contributed by atoms with van der Waals surface area (Å²) in [5, 5.41) is 5.87. The Morgan fingerprint density at radius 1 is 1.41 bits per heavy atom. The summed E-state index contributed by atoms with van der Waals surface area (Å²) < 4.78 is 5.56. The smallest absolute Gasteiger partial charge is 0.272 e. The van der Waals surface area contributed by atoms with Crippen molar-refractivity contribution in [2.24, 2.45) is 5.10 Å². The van der Waals surface area contributed by atoms with Gasteiger partial charge in [-0.1, -0.05) is 19.1 Å². The van der Waals surface area contributed by atoms with Crippen LogP contribution in [0, 0.1) is 13.8 Å². The number of hydrogen-bond acceptors (Lipinski definition) is 4. The first-order chi connectivity index (χ1) is 10.6. The predicted molar refractivity (Wildman–Crippen MR) is 91.1 cm³/mol. The molecule has 0 spiro atoms. The summed E-state index contributed by atoms with van der Waals surface area (Å²) in [5.41, 5.74) is 5.13. The molecule has 0 radical (unpaired) electrons. The second-order valence-electron chi connectivity index (χ2n) is 4.95. The Hall–Kier alpha value is -2.14. The normalized spacial score (nSPS) is 10.9. The molecule has 0 saturated carbocycles. The minimum absolute atomic E-state index is 0.184. The standard InChI is InChI=1S/C17H20N2O2S/c1-4-8-21-15-7-5-6-14(9-15)10-18-19-17(20)16-11-22-13(3)12(16)2/h5-7,9-11H,4,8H2,1-3H3,(H,19,20)/b18-10-. The molecule has 0 unspecified atom stereocenters. The SMILES string of the molecule is CCCOc1cccc(/C=N\NC(=O)c2csc(C)c2C)c1. The second-order valence-corrected chi connectivity index (χ2v) is 6.03. The van der Waals surface area contributed by atoms with E-state index in [0.717, 1.165) is 28.2 Å². The van der Waals surface area contributed by atoms with Gasteiger partial charge < -0.3 is 4.74 Å². The molecule has 2 aromatic rings. The third-order valence-electron chi connectivity index (χ3n) is 3.24. The van der Waals surface area contributed by atoms with Gasteiger partial charge in [0.2, 0.25) is 0 Å². The average Bonchev–Trinajstić information content (AvgIpc) is 2.85. The van der Waals surface area contributed by atoms with Crippen LogP contribution in [0.1, 0.15) is 39.7 Å². The average molecular weight is 316 g/mol. The molecule has 2 rings (SSSR count). The van der Waals surface area contributed by atoms with Crippen molar-refractivity contribution in [2.45, 2.75) is 27.2 Å². The van der Waals surface area contributed by atoms with Crippen LogP contribution in [0.5, 0.6) is 5.75 Å². The molecule has 1 amide bonds. The first-order valence-corrected chi connectivity index (χ1v) is 8.10. The van der Waals surface area contributed by atoms with E-state index in [4.69, 9.17) is 4.74 Å². The van der Waals surface area contributed by atoms with Crippen molar-refractivity contribution in [3.05, 3.63) is 51.2 Å². The molecule has 4 nitrogen and oxygen atoms in total. The summed E-state index contributed by atoms with van der Waals surface area (Å²) in [6.45, 7) is 6.70. The molecule has 0 bridgehead atoms. The lowest BCUT2D eigenvalue weighted by atomic mass is 10.2. The number of ether oxygens (including phenoxy) is 1. The molecule has 0 aliphatic heterocycles. The number of aryl methyl sites for hydroxylation is 1. The van der Waals surface area contributed by atoms with Gasteiger partial charge in [0.05, 0.1) is 18.4 Å². The predicted octanol–water partition coefficient (Wildman–Crippen LogP) is 3.92. The highest BCUT2D eigenvalue weighted by Crippen LogP contribution is 2.20. The van der Waals surface area contributed by atoms with Crippen molar-refractivity contribution in [3.8, 4) is 5.75 Å². The maximum Gasteiger partial charge on any atom is 0.272 e. The number of rotatable bonds is 6. The van der Waals surface area contributed by atoms with Crippen LogP contribution in [-0.4, -0.2) is 18.7 Å². The first-order valence-electron chi connectivity index (χ1n) is 7.22. The summed E-state index contributed by atoms with van der Waals surface area (Å²) in [4.78, 5) is 13.2. The Balaban J connectivity index is 1.97. The zero-order chi connectivity index (χ0) is 15.9. The fourth-order valence-electron chi connectivity index (χ4n) is 1.87. The number of nitrogens with one attached hydrogen (secondary N) is 1. The summed E-state index contributed by atoms with van der Waals surface area (Å²) in [7, 11) is 0. The van der Waals surface area contributed by atoms with Crippen molar-refractivity contribution >= 4 is 23.5 Å². The number of nitrogens with zero attached hydrogens (tertiary/aromatic N) is 1. The van der Waals surface area contributed by atoms with Crippen LogP contribution < -0.4 is 10.2 Å². The Morgan fingerprint density at radius 3 is 2.91 bits per heavy atom. The number of hydrazone groups is 1.